The minimum absolute atomic E-state index is 0.151. The molecule has 2 heterocycles. The lowest BCUT2D eigenvalue weighted by Crippen LogP contribution is -2.23. The fourth-order valence-electron chi connectivity index (χ4n) is 1.46. The molecule has 10 heteroatoms. The molecule has 114 valence electrons. The van der Waals surface area contributed by atoms with E-state index in [4.69, 9.17) is 0 Å². The molecular formula is C11H11F3N4OS2. The van der Waals surface area contributed by atoms with Crippen LogP contribution in [0.5, 0.6) is 0 Å². The van der Waals surface area contributed by atoms with Gasteiger partial charge >= 0.3 is 6.18 Å². The van der Waals surface area contributed by atoms with E-state index in [2.05, 4.69) is 15.4 Å². The van der Waals surface area contributed by atoms with Crippen LogP contribution in [-0.2, 0) is 18.5 Å². The van der Waals surface area contributed by atoms with Gasteiger partial charge in [-0.2, -0.15) is 30.0 Å². The van der Waals surface area contributed by atoms with E-state index < -0.39 is 17.8 Å². The molecule has 2 aromatic rings. The molecule has 0 aliphatic rings. The molecule has 0 saturated heterocycles. The zero-order valence-electron chi connectivity index (χ0n) is 10.8. The van der Waals surface area contributed by atoms with Crippen molar-refractivity contribution >= 4 is 29.0 Å². The minimum atomic E-state index is -4.55. The van der Waals surface area contributed by atoms with E-state index in [0.717, 1.165) is 10.8 Å². The van der Waals surface area contributed by atoms with Gasteiger partial charge < -0.3 is 5.32 Å². The number of carbonyl (C=O) groups is 1. The number of nitrogens with zero attached hydrogens (tertiary/aromatic N) is 2. The van der Waals surface area contributed by atoms with Crippen LogP contribution in [0.15, 0.2) is 11.4 Å². The van der Waals surface area contributed by atoms with Crippen LogP contribution in [0.1, 0.15) is 26.9 Å². The van der Waals surface area contributed by atoms with E-state index >= 15 is 0 Å². The van der Waals surface area contributed by atoms with Crippen LogP contribution in [0.3, 0.4) is 0 Å². The number of hydrogen-bond donors (Lipinski definition) is 2. The molecule has 2 N–H and O–H groups in total. The number of aromatic nitrogens is 3. The molecule has 0 saturated carbocycles. The topological polar surface area (TPSA) is 70.7 Å². The summed E-state index contributed by atoms with van der Waals surface area (Å²) < 4.78 is 37.1. The van der Waals surface area contributed by atoms with Crippen molar-refractivity contribution in [1.82, 2.24) is 20.5 Å². The Hall–Kier alpha value is -1.55. The highest BCUT2D eigenvalue weighted by Gasteiger charge is 2.33. The molecule has 1 amide bonds. The highest BCUT2D eigenvalue weighted by Crippen LogP contribution is 2.27. The number of amides is 1. The first-order valence-electron chi connectivity index (χ1n) is 5.73. The molecule has 0 unspecified atom stereocenters. The van der Waals surface area contributed by atoms with Gasteiger partial charge in [-0.15, -0.1) is 11.3 Å². The predicted octanol–water partition coefficient (Wildman–Crippen LogP) is 2.68. The molecular weight excluding hydrogens is 325 g/mol. The summed E-state index contributed by atoms with van der Waals surface area (Å²) in [7, 11) is 0. The zero-order valence-corrected chi connectivity index (χ0v) is 12.5. The molecule has 0 atom stereocenters. The summed E-state index contributed by atoms with van der Waals surface area (Å²) in [5.74, 6) is 0.105. The van der Waals surface area contributed by atoms with Gasteiger partial charge in [0, 0.05) is 17.2 Å². The van der Waals surface area contributed by atoms with E-state index in [1.807, 2.05) is 6.26 Å². The van der Waals surface area contributed by atoms with Crippen molar-refractivity contribution in [3.05, 3.63) is 33.5 Å². The molecule has 0 radical (unpaired) electrons. The largest absolute Gasteiger partial charge is 0.432 e. The summed E-state index contributed by atoms with van der Waals surface area (Å²) in [5, 5.41) is 10.4. The Balaban J connectivity index is 1.93. The Morgan fingerprint density at radius 3 is 2.90 bits per heavy atom. The molecule has 0 fully saturated rings. The van der Waals surface area contributed by atoms with Gasteiger partial charge in [-0.25, -0.2) is 4.98 Å². The first kappa shape index (κ1) is 15.8. The van der Waals surface area contributed by atoms with E-state index in [9.17, 15) is 18.0 Å². The van der Waals surface area contributed by atoms with Gasteiger partial charge in [0.05, 0.1) is 12.2 Å². The Kier molecular flexibility index (Phi) is 4.88. The zero-order chi connectivity index (χ0) is 15.5. The smallest absolute Gasteiger partial charge is 0.345 e. The highest BCUT2D eigenvalue weighted by molar-refractivity contribution is 7.97. The third-order valence-electron chi connectivity index (χ3n) is 2.41. The van der Waals surface area contributed by atoms with Crippen molar-refractivity contribution in [2.75, 3.05) is 6.26 Å². The van der Waals surface area contributed by atoms with Crippen molar-refractivity contribution in [1.29, 1.82) is 0 Å². The average molecular weight is 336 g/mol. The van der Waals surface area contributed by atoms with Crippen LogP contribution in [0.4, 0.5) is 13.2 Å². The second-order valence-electron chi connectivity index (χ2n) is 4.01. The van der Waals surface area contributed by atoms with Crippen molar-refractivity contribution < 1.29 is 18.0 Å². The fourth-order valence-corrected chi connectivity index (χ4v) is 2.98. The number of nitrogens with one attached hydrogen (secondary N) is 2. The molecule has 0 spiro atoms. The summed E-state index contributed by atoms with van der Waals surface area (Å²) in [6.45, 7) is 0.151. The van der Waals surface area contributed by atoms with E-state index in [0.29, 0.717) is 11.8 Å². The second kappa shape index (κ2) is 6.48. The number of carbonyl (C=O) groups excluding carboxylic acids is 1. The Morgan fingerprint density at radius 2 is 2.29 bits per heavy atom. The van der Waals surface area contributed by atoms with Crippen LogP contribution < -0.4 is 5.32 Å². The van der Waals surface area contributed by atoms with Gasteiger partial charge in [0.2, 0.25) is 0 Å². The van der Waals surface area contributed by atoms with Crippen molar-refractivity contribution in [2.45, 2.75) is 18.5 Å². The maximum atomic E-state index is 12.4. The Labute approximate surface area is 126 Å². The summed E-state index contributed by atoms with van der Waals surface area (Å²) in [5.41, 5.74) is -0.686. The lowest BCUT2D eigenvalue weighted by Gasteiger charge is -2.00. The second-order valence-corrected chi connectivity index (χ2v) is 5.82. The molecule has 0 aliphatic heterocycles. The lowest BCUT2D eigenvalue weighted by molar-refractivity contribution is -0.141. The van der Waals surface area contributed by atoms with Crippen LogP contribution in [0.2, 0.25) is 0 Å². The number of rotatable bonds is 5. The summed E-state index contributed by atoms with van der Waals surface area (Å²) in [4.78, 5) is 16.0. The average Bonchev–Trinajstić information content (AvgIpc) is 3.04. The van der Waals surface area contributed by atoms with E-state index in [-0.39, 0.29) is 12.2 Å². The van der Waals surface area contributed by atoms with Crippen molar-refractivity contribution in [3.8, 4) is 0 Å². The van der Waals surface area contributed by atoms with Gasteiger partial charge in [0.15, 0.2) is 5.69 Å². The third kappa shape index (κ3) is 4.21. The monoisotopic (exact) mass is 336 g/mol. The number of alkyl halides is 3. The SMILES string of the molecule is CSCc1nc(CNC(=O)c2cc(C(F)(F)F)[nH]n2)cs1. The first-order chi connectivity index (χ1) is 9.90. The lowest BCUT2D eigenvalue weighted by atomic mass is 10.3. The number of halogens is 3. The normalized spacial score (nSPS) is 11.6. The van der Waals surface area contributed by atoms with Crippen LogP contribution in [0.25, 0.3) is 0 Å². The number of aromatic amines is 1. The summed E-state index contributed by atoms with van der Waals surface area (Å²) >= 11 is 3.11. The molecule has 21 heavy (non-hydrogen) atoms. The predicted molar refractivity (Wildman–Crippen MR) is 74.1 cm³/mol. The molecule has 2 rings (SSSR count). The first-order valence-corrected chi connectivity index (χ1v) is 8.00. The van der Waals surface area contributed by atoms with Crippen LogP contribution in [0, 0.1) is 0 Å². The van der Waals surface area contributed by atoms with Crippen LogP contribution in [-0.4, -0.2) is 27.3 Å². The van der Waals surface area contributed by atoms with Gasteiger partial charge in [0.1, 0.15) is 10.7 Å². The molecule has 0 aliphatic carbocycles. The quantitative estimate of drug-likeness (QED) is 0.881. The maximum absolute atomic E-state index is 12.4. The number of H-pyrrole nitrogens is 1. The highest BCUT2D eigenvalue weighted by atomic mass is 32.2. The van der Waals surface area contributed by atoms with Crippen LogP contribution >= 0.6 is 23.1 Å². The molecule has 2 aromatic heterocycles. The Morgan fingerprint density at radius 1 is 1.52 bits per heavy atom. The molecule has 0 bridgehead atoms. The fraction of sp³-hybridized carbons (Fsp3) is 0.364. The number of thioether (sulfide) groups is 1. The van der Waals surface area contributed by atoms with Gasteiger partial charge in [0.25, 0.3) is 5.91 Å². The third-order valence-corrected chi connectivity index (χ3v) is 4.06. The maximum Gasteiger partial charge on any atom is 0.432 e. The van der Waals surface area contributed by atoms with E-state index in [1.165, 1.54) is 11.3 Å². The number of thiazole rings is 1. The van der Waals surface area contributed by atoms with Crippen molar-refractivity contribution in [2.24, 2.45) is 0 Å². The van der Waals surface area contributed by atoms with Crippen molar-refractivity contribution in [3.63, 3.8) is 0 Å². The van der Waals surface area contributed by atoms with Gasteiger partial charge in [-0.1, -0.05) is 0 Å². The number of hydrogen-bond acceptors (Lipinski definition) is 5. The van der Waals surface area contributed by atoms with Gasteiger partial charge in [-0.05, 0) is 6.26 Å². The minimum Gasteiger partial charge on any atom is -0.345 e. The summed E-state index contributed by atoms with van der Waals surface area (Å²) in [6.07, 6.45) is -2.59. The Bertz CT molecular complexity index is 623. The molecule has 5 nitrogen and oxygen atoms in total. The standard InChI is InChI=1S/C11H11F3N4OS2/c1-20-5-9-16-6(4-21-9)3-15-10(19)7-2-8(18-17-7)11(12,13)14/h2,4H,3,5H2,1H3,(H,15,19)(H,17,18). The van der Waals surface area contributed by atoms with Gasteiger partial charge in [-0.3, -0.25) is 9.89 Å². The molecule has 0 aromatic carbocycles. The summed E-state index contributed by atoms with van der Waals surface area (Å²) in [6, 6.07) is 0.676. The van der Waals surface area contributed by atoms with E-state index in [1.54, 1.807) is 22.2 Å².